The van der Waals surface area contributed by atoms with Crippen LogP contribution in [-0.4, -0.2) is 35.6 Å². The van der Waals surface area contributed by atoms with Crippen LogP contribution in [0, 0.1) is 24.0 Å². The van der Waals surface area contributed by atoms with E-state index in [4.69, 9.17) is 0 Å². The molecule has 162 valence electrons. The van der Waals surface area contributed by atoms with Crippen LogP contribution in [0.5, 0.6) is 0 Å². The zero-order chi connectivity index (χ0) is 22.8. The fourth-order valence-corrected chi connectivity index (χ4v) is 4.87. The predicted molar refractivity (Wildman–Crippen MR) is 119 cm³/mol. The van der Waals surface area contributed by atoms with Gasteiger partial charge in [0.05, 0.1) is 32.6 Å². The number of nitrogens with one attached hydrogen (secondary N) is 1. The van der Waals surface area contributed by atoms with E-state index in [9.17, 15) is 23.3 Å². The molecule has 1 aromatic heterocycles. The summed E-state index contributed by atoms with van der Waals surface area (Å²) in [5.41, 5.74) is 1.13. The minimum absolute atomic E-state index is 0.0123. The Bertz CT molecular complexity index is 1240. The summed E-state index contributed by atoms with van der Waals surface area (Å²) in [7, 11) is -3.85. The van der Waals surface area contributed by atoms with Crippen molar-refractivity contribution in [2.75, 3.05) is 6.54 Å². The van der Waals surface area contributed by atoms with Crippen LogP contribution >= 0.6 is 27.7 Å². The van der Waals surface area contributed by atoms with Crippen LogP contribution in [0.25, 0.3) is 0 Å². The number of aromatic nitrogens is 2. The molecule has 0 spiro atoms. The summed E-state index contributed by atoms with van der Waals surface area (Å²) in [6, 6.07) is 12.1. The van der Waals surface area contributed by atoms with Crippen molar-refractivity contribution in [2.24, 2.45) is 0 Å². The van der Waals surface area contributed by atoms with Crippen LogP contribution in [0.4, 0.5) is 5.69 Å². The molecule has 0 amide bonds. The molecular formula is C19H17BrN4O5S2. The van der Waals surface area contributed by atoms with E-state index in [0.717, 1.165) is 18.9 Å². The molecule has 1 heterocycles. The largest absolute Gasteiger partial charge is 0.271 e. The third-order valence-corrected chi connectivity index (χ3v) is 7.51. The van der Waals surface area contributed by atoms with Gasteiger partial charge in [-0.2, -0.15) is 5.10 Å². The summed E-state index contributed by atoms with van der Waals surface area (Å²) >= 11 is 4.56. The molecule has 0 bridgehead atoms. The smallest absolute Gasteiger partial charge is 0.269 e. The standard InChI is InChI=1S/C19H17BrN4O5S2/c1-12-19(30-16-7-5-15(6-8-16)24(26)27)13(2)23(22-12)18(25)11-21-31(28,29)17-9-3-14(20)4-10-17/h3-10,21H,11H2,1-2H3. The number of hydrogen-bond acceptors (Lipinski definition) is 7. The van der Waals surface area contributed by atoms with Gasteiger partial charge in [-0.05, 0) is 50.2 Å². The Morgan fingerprint density at radius 2 is 1.77 bits per heavy atom. The van der Waals surface area contributed by atoms with Crippen LogP contribution in [0.1, 0.15) is 16.2 Å². The number of carbonyl (C=O) groups excluding carboxylic acids is 1. The van der Waals surface area contributed by atoms with Crippen LogP contribution in [-0.2, 0) is 10.0 Å². The molecular weight excluding hydrogens is 508 g/mol. The van der Waals surface area contributed by atoms with E-state index in [1.807, 2.05) is 0 Å². The zero-order valence-corrected chi connectivity index (χ0v) is 19.6. The number of nitro groups is 1. The SMILES string of the molecule is Cc1nn(C(=O)CNS(=O)(=O)c2ccc(Br)cc2)c(C)c1Sc1ccc([N+](=O)[O-])cc1. The first kappa shape index (κ1) is 23.1. The lowest BCUT2D eigenvalue weighted by atomic mass is 10.3. The molecule has 9 nitrogen and oxygen atoms in total. The van der Waals surface area contributed by atoms with E-state index < -0.39 is 27.4 Å². The first-order valence-corrected chi connectivity index (χ1v) is 11.9. The van der Waals surface area contributed by atoms with Gasteiger partial charge in [-0.3, -0.25) is 14.9 Å². The van der Waals surface area contributed by atoms with Gasteiger partial charge in [-0.15, -0.1) is 0 Å². The number of nitrogens with zero attached hydrogens (tertiary/aromatic N) is 3. The Balaban J connectivity index is 1.74. The van der Waals surface area contributed by atoms with Crippen molar-refractivity contribution in [2.45, 2.75) is 28.5 Å². The van der Waals surface area contributed by atoms with Crippen molar-refractivity contribution >= 4 is 49.3 Å². The van der Waals surface area contributed by atoms with Crippen LogP contribution in [0.3, 0.4) is 0 Å². The van der Waals surface area contributed by atoms with Gasteiger partial charge in [0.1, 0.15) is 0 Å². The molecule has 3 rings (SSSR count). The van der Waals surface area contributed by atoms with E-state index in [1.54, 1.807) is 38.1 Å². The Hall–Kier alpha value is -2.54. The third-order valence-electron chi connectivity index (χ3n) is 4.27. The fraction of sp³-hybridized carbons (Fsp3) is 0.158. The first-order chi connectivity index (χ1) is 14.6. The van der Waals surface area contributed by atoms with E-state index in [-0.39, 0.29) is 10.6 Å². The number of carbonyl (C=O) groups is 1. The molecule has 3 aromatic rings. The second-order valence-corrected chi connectivity index (χ2v) is 10.2. The summed E-state index contributed by atoms with van der Waals surface area (Å²) in [5, 5.41) is 15.0. The third kappa shape index (κ3) is 5.39. The number of aryl methyl sites for hydroxylation is 1. The summed E-state index contributed by atoms with van der Waals surface area (Å²) < 4.78 is 29.0. The lowest BCUT2D eigenvalue weighted by molar-refractivity contribution is -0.384. The summed E-state index contributed by atoms with van der Waals surface area (Å²) in [6.07, 6.45) is 0. The number of rotatable bonds is 7. The van der Waals surface area contributed by atoms with Gasteiger partial charge in [0.2, 0.25) is 10.0 Å². The van der Waals surface area contributed by atoms with Gasteiger partial charge in [0, 0.05) is 21.5 Å². The number of halogens is 1. The van der Waals surface area contributed by atoms with Crippen molar-refractivity contribution in [3.8, 4) is 0 Å². The number of sulfonamides is 1. The molecule has 1 N–H and O–H groups in total. The van der Waals surface area contributed by atoms with Crippen LogP contribution in [0.15, 0.2) is 67.7 Å². The molecule has 31 heavy (non-hydrogen) atoms. The molecule has 0 radical (unpaired) electrons. The highest BCUT2D eigenvalue weighted by atomic mass is 79.9. The maximum Gasteiger partial charge on any atom is 0.269 e. The van der Waals surface area contributed by atoms with E-state index in [2.05, 4.69) is 25.8 Å². The van der Waals surface area contributed by atoms with Crippen molar-refractivity contribution in [1.82, 2.24) is 14.5 Å². The summed E-state index contributed by atoms with van der Waals surface area (Å²) in [4.78, 5) is 24.5. The lowest BCUT2D eigenvalue weighted by Crippen LogP contribution is -2.33. The number of non-ortho nitro benzene ring substituents is 1. The van der Waals surface area contributed by atoms with E-state index in [0.29, 0.717) is 11.4 Å². The Morgan fingerprint density at radius 3 is 2.35 bits per heavy atom. The van der Waals surface area contributed by atoms with Crippen molar-refractivity contribution in [3.63, 3.8) is 0 Å². The van der Waals surface area contributed by atoms with Crippen molar-refractivity contribution in [3.05, 3.63) is 74.5 Å². The molecule has 0 unspecified atom stereocenters. The zero-order valence-electron chi connectivity index (χ0n) is 16.4. The highest BCUT2D eigenvalue weighted by Gasteiger charge is 2.21. The van der Waals surface area contributed by atoms with Gasteiger partial charge in [-0.25, -0.2) is 17.8 Å². The van der Waals surface area contributed by atoms with Gasteiger partial charge in [0.15, 0.2) is 0 Å². The topological polar surface area (TPSA) is 124 Å². The maximum absolute atomic E-state index is 12.6. The van der Waals surface area contributed by atoms with Gasteiger partial charge in [0.25, 0.3) is 11.6 Å². The molecule has 0 saturated carbocycles. The minimum Gasteiger partial charge on any atom is -0.271 e. The average molecular weight is 525 g/mol. The maximum atomic E-state index is 12.6. The van der Waals surface area contributed by atoms with Gasteiger partial charge in [-0.1, -0.05) is 27.7 Å². The average Bonchev–Trinajstić information content (AvgIpc) is 3.01. The molecule has 0 aliphatic rings. The van der Waals surface area contributed by atoms with Crippen molar-refractivity contribution in [1.29, 1.82) is 0 Å². The molecule has 12 heteroatoms. The molecule has 0 atom stereocenters. The number of benzene rings is 2. The summed E-state index contributed by atoms with van der Waals surface area (Å²) in [5.74, 6) is -0.531. The first-order valence-electron chi connectivity index (χ1n) is 8.85. The quantitative estimate of drug-likeness (QED) is 0.366. The van der Waals surface area contributed by atoms with E-state index in [1.165, 1.54) is 36.0 Å². The van der Waals surface area contributed by atoms with Gasteiger partial charge >= 0.3 is 0 Å². The van der Waals surface area contributed by atoms with Crippen molar-refractivity contribution < 1.29 is 18.1 Å². The Morgan fingerprint density at radius 1 is 1.16 bits per heavy atom. The highest BCUT2D eigenvalue weighted by Crippen LogP contribution is 2.33. The molecule has 2 aromatic carbocycles. The van der Waals surface area contributed by atoms with E-state index >= 15 is 0 Å². The van der Waals surface area contributed by atoms with Gasteiger partial charge < -0.3 is 0 Å². The molecule has 0 aliphatic heterocycles. The molecule has 0 saturated heterocycles. The lowest BCUT2D eigenvalue weighted by Gasteiger charge is -2.08. The highest BCUT2D eigenvalue weighted by molar-refractivity contribution is 9.10. The Labute approximate surface area is 191 Å². The van der Waals surface area contributed by atoms with Crippen LogP contribution in [0.2, 0.25) is 0 Å². The fourth-order valence-electron chi connectivity index (χ4n) is 2.70. The second-order valence-electron chi connectivity index (χ2n) is 6.44. The molecule has 0 fully saturated rings. The predicted octanol–water partition coefficient (Wildman–Crippen LogP) is 3.94. The minimum atomic E-state index is -3.85. The number of hydrogen-bond donors (Lipinski definition) is 1. The Kier molecular flexibility index (Phi) is 6.94. The monoisotopic (exact) mass is 524 g/mol. The normalized spacial score (nSPS) is 11.5. The second kappa shape index (κ2) is 9.30. The molecule has 0 aliphatic carbocycles. The van der Waals surface area contributed by atoms with Crippen LogP contribution < -0.4 is 4.72 Å². The summed E-state index contributed by atoms with van der Waals surface area (Å²) in [6.45, 7) is 2.98. The number of nitro benzene ring substituents is 1.